The Morgan fingerprint density at radius 2 is 2.09 bits per heavy atom. The first kappa shape index (κ1) is 15.6. The fourth-order valence-corrected chi connectivity index (χ4v) is 1.87. The predicted octanol–water partition coefficient (Wildman–Crippen LogP) is 1.98. The van der Waals surface area contributed by atoms with E-state index in [-0.39, 0.29) is 23.0 Å². The maximum Gasteiger partial charge on any atom is 0.339 e. The lowest BCUT2D eigenvalue weighted by atomic mass is 10.1. The number of carbonyl (C=O) groups excluding carboxylic acids is 2. The molecule has 0 aliphatic heterocycles. The van der Waals surface area contributed by atoms with Crippen LogP contribution in [-0.2, 0) is 11.2 Å². The highest BCUT2D eigenvalue weighted by atomic mass is 19.1. The summed E-state index contributed by atoms with van der Waals surface area (Å²) in [6, 6.07) is 9.13. The molecule has 0 aliphatic carbocycles. The molecule has 1 aromatic carbocycles. The van der Waals surface area contributed by atoms with E-state index in [0.717, 1.165) is 5.56 Å². The lowest BCUT2D eigenvalue weighted by Crippen LogP contribution is -2.26. The van der Waals surface area contributed by atoms with Gasteiger partial charge in [0.2, 0.25) is 0 Å². The second kappa shape index (κ2) is 7.31. The average molecular weight is 302 g/mol. The maximum absolute atomic E-state index is 13.0. The quantitative estimate of drug-likeness (QED) is 0.858. The lowest BCUT2D eigenvalue weighted by molar-refractivity contribution is 0.0599. The van der Waals surface area contributed by atoms with Crippen molar-refractivity contribution in [2.45, 2.75) is 6.42 Å². The Labute approximate surface area is 127 Å². The SMILES string of the molecule is COC(=O)c1ccc(C(=O)NCCc2cccc(F)c2)nc1. The Kier molecular flexibility index (Phi) is 5.19. The third-order valence-corrected chi connectivity index (χ3v) is 3.01. The van der Waals surface area contributed by atoms with Crippen LogP contribution in [0.2, 0.25) is 0 Å². The van der Waals surface area contributed by atoms with E-state index in [1.165, 1.54) is 37.6 Å². The van der Waals surface area contributed by atoms with Crippen LogP contribution in [0, 0.1) is 5.82 Å². The summed E-state index contributed by atoms with van der Waals surface area (Å²) in [6.45, 7) is 0.364. The van der Waals surface area contributed by atoms with Crippen molar-refractivity contribution in [1.29, 1.82) is 0 Å². The van der Waals surface area contributed by atoms with Crippen LogP contribution in [0.1, 0.15) is 26.4 Å². The van der Waals surface area contributed by atoms with Gasteiger partial charge in [0.1, 0.15) is 11.5 Å². The molecular formula is C16H15FN2O3. The van der Waals surface area contributed by atoms with Gasteiger partial charge in [0, 0.05) is 12.7 Å². The van der Waals surface area contributed by atoms with E-state index in [0.29, 0.717) is 13.0 Å². The van der Waals surface area contributed by atoms with Crippen LogP contribution in [0.4, 0.5) is 4.39 Å². The first-order chi connectivity index (χ1) is 10.6. The Morgan fingerprint density at radius 3 is 2.73 bits per heavy atom. The van der Waals surface area contributed by atoms with Crippen LogP contribution in [0.3, 0.4) is 0 Å². The van der Waals surface area contributed by atoms with E-state index in [1.807, 2.05) is 0 Å². The molecule has 0 fully saturated rings. The van der Waals surface area contributed by atoms with Crippen molar-refractivity contribution in [3.63, 3.8) is 0 Å². The molecule has 6 heteroatoms. The first-order valence-corrected chi connectivity index (χ1v) is 6.67. The molecule has 0 saturated heterocycles. The van der Waals surface area contributed by atoms with Crippen LogP contribution >= 0.6 is 0 Å². The van der Waals surface area contributed by atoms with E-state index in [4.69, 9.17) is 0 Å². The highest BCUT2D eigenvalue weighted by molar-refractivity contribution is 5.94. The van der Waals surface area contributed by atoms with Gasteiger partial charge in [0.05, 0.1) is 12.7 Å². The van der Waals surface area contributed by atoms with Crippen LogP contribution < -0.4 is 5.32 Å². The number of nitrogens with zero attached hydrogens (tertiary/aromatic N) is 1. The number of carbonyl (C=O) groups is 2. The monoisotopic (exact) mass is 302 g/mol. The highest BCUT2D eigenvalue weighted by Crippen LogP contribution is 2.04. The Bertz CT molecular complexity index is 671. The van der Waals surface area contributed by atoms with Gasteiger partial charge in [-0.25, -0.2) is 9.18 Å². The number of halogens is 1. The largest absolute Gasteiger partial charge is 0.465 e. The zero-order valence-corrected chi connectivity index (χ0v) is 12.0. The number of rotatable bonds is 5. The summed E-state index contributed by atoms with van der Waals surface area (Å²) in [5.41, 5.74) is 1.28. The van der Waals surface area contributed by atoms with Crippen molar-refractivity contribution in [3.05, 3.63) is 65.2 Å². The molecule has 1 N–H and O–H groups in total. The molecule has 0 unspecified atom stereocenters. The third kappa shape index (κ3) is 4.12. The summed E-state index contributed by atoms with van der Waals surface area (Å²) in [5.74, 6) is -1.16. The van der Waals surface area contributed by atoms with E-state index >= 15 is 0 Å². The number of amides is 1. The van der Waals surface area contributed by atoms with E-state index in [2.05, 4.69) is 15.0 Å². The summed E-state index contributed by atoms with van der Waals surface area (Å²) in [7, 11) is 1.27. The number of benzene rings is 1. The van der Waals surface area contributed by atoms with Crippen molar-refractivity contribution >= 4 is 11.9 Å². The number of pyridine rings is 1. The number of aromatic nitrogens is 1. The number of esters is 1. The molecule has 0 aliphatic rings. The van der Waals surface area contributed by atoms with Crippen molar-refractivity contribution in [2.75, 3.05) is 13.7 Å². The fraction of sp³-hybridized carbons (Fsp3) is 0.188. The maximum atomic E-state index is 13.0. The van der Waals surface area contributed by atoms with Gasteiger partial charge < -0.3 is 10.1 Å². The molecule has 0 bridgehead atoms. The second-order valence-corrected chi connectivity index (χ2v) is 4.56. The van der Waals surface area contributed by atoms with Gasteiger partial charge in [-0.1, -0.05) is 12.1 Å². The van der Waals surface area contributed by atoms with Crippen molar-refractivity contribution in [1.82, 2.24) is 10.3 Å². The first-order valence-electron chi connectivity index (χ1n) is 6.67. The van der Waals surface area contributed by atoms with Crippen molar-refractivity contribution in [3.8, 4) is 0 Å². The predicted molar refractivity (Wildman–Crippen MR) is 78.0 cm³/mol. The van der Waals surface area contributed by atoms with Crippen molar-refractivity contribution < 1.29 is 18.7 Å². The van der Waals surface area contributed by atoms with E-state index in [9.17, 15) is 14.0 Å². The van der Waals surface area contributed by atoms with Gasteiger partial charge in [0.25, 0.3) is 5.91 Å². The topological polar surface area (TPSA) is 68.3 Å². The Morgan fingerprint density at radius 1 is 1.27 bits per heavy atom. The number of hydrogen-bond donors (Lipinski definition) is 1. The highest BCUT2D eigenvalue weighted by Gasteiger charge is 2.10. The number of methoxy groups -OCH3 is 1. The summed E-state index contributed by atoms with van der Waals surface area (Å²) in [6.07, 6.45) is 1.80. The van der Waals surface area contributed by atoms with Crippen LogP contribution in [0.15, 0.2) is 42.6 Å². The normalized spacial score (nSPS) is 10.1. The van der Waals surface area contributed by atoms with Crippen LogP contribution in [-0.4, -0.2) is 30.5 Å². The molecule has 1 amide bonds. The van der Waals surface area contributed by atoms with E-state index in [1.54, 1.807) is 12.1 Å². The molecule has 0 atom stereocenters. The van der Waals surface area contributed by atoms with Crippen LogP contribution in [0.5, 0.6) is 0 Å². The van der Waals surface area contributed by atoms with Gasteiger partial charge in [-0.15, -0.1) is 0 Å². The number of hydrogen-bond acceptors (Lipinski definition) is 4. The number of ether oxygens (including phenoxy) is 1. The average Bonchev–Trinajstić information content (AvgIpc) is 2.54. The molecule has 0 spiro atoms. The zero-order valence-electron chi connectivity index (χ0n) is 12.0. The molecule has 2 rings (SSSR count). The molecule has 2 aromatic rings. The Balaban J connectivity index is 1.88. The molecule has 1 heterocycles. The number of nitrogens with one attached hydrogen (secondary N) is 1. The Hall–Kier alpha value is -2.76. The standard InChI is InChI=1S/C16H15FN2O3/c1-22-16(21)12-5-6-14(19-10-12)15(20)18-8-7-11-3-2-4-13(17)9-11/h2-6,9-10H,7-8H2,1H3,(H,18,20). The summed E-state index contributed by atoms with van der Waals surface area (Å²) >= 11 is 0. The zero-order chi connectivity index (χ0) is 15.9. The van der Waals surface area contributed by atoms with Crippen molar-refractivity contribution in [2.24, 2.45) is 0 Å². The molecule has 0 saturated carbocycles. The summed E-state index contributed by atoms with van der Waals surface area (Å²) in [4.78, 5) is 27.1. The minimum atomic E-state index is -0.509. The van der Waals surface area contributed by atoms with Gasteiger partial charge in [-0.3, -0.25) is 9.78 Å². The van der Waals surface area contributed by atoms with Gasteiger partial charge in [-0.2, -0.15) is 0 Å². The minimum Gasteiger partial charge on any atom is -0.465 e. The van der Waals surface area contributed by atoms with E-state index < -0.39 is 5.97 Å². The van der Waals surface area contributed by atoms with Gasteiger partial charge >= 0.3 is 5.97 Å². The van der Waals surface area contributed by atoms with Gasteiger partial charge in [0.15, 0.2) is 0 Å². The molecule has 1 aromatic heterocycles. The molecule has 0 radical (unpaired) electrons. The second-order valence-electron chi connectivity index (χ2n) is 4.56. The summed E-state index contributed by atoms with van der Waals surface area (Å²) < 4.78 is 17.6. The fourth-order valence-electron chi connectivity index (χ4n) is 1.87. The van der Waals surface area contributed by atoms with Crippen LogP contribution in [0.25, 0.3) is 0 Å². The minimum absolute atomic E-state index is 0.201. The molecule has 5 nitrogen and oxygen atoms in total. The molecular weight excluding hydrogens is 287 g/mol. The lowest BCUT2D eigenvalue weighted by Gasteiger charge is -2.05. The summed E-state index contributed by atoms with van der Waals surface area (Å²) in [5, 5.41) is 2.69. The van der Waals surface area contributed by atoms with Gasteiger partial charge in [-0.05, 0) is 36.2 Å². The molecule has 22 heavy (non-hydrogen) atoms. The third-order valence-electron chi connectivity index (χ3n) is 3.01. The smallest absolute Gasteiger partial charge is 0.339 e. The molecule has 114 valence electrons.